The average Bonchev–Trinajstić information content (AvgIpc) is 2.17. The average molecular weight is 223 g/mol. The third-order valence-corrected chi connectivity index (χ3v) is 2.06. The van der Waals surface area contributed by atoms with Crippen molar-refractivity contribution in [3.63, 3.8) is 0 Å². The van der Waals surface area contributed by atoms with Gasteiger partial charge in [-0.1, -0.05) is 17.5 Å². The van der Waals surface area contributed by atoms with Gasteiger partial charge in [-0.25, -0.2) is 0 Å². The topological polar surface area (TPSA) is 42.0 Å². The Balaban J connectivity index is 2.76. The third-order valence-electron chi connectivity index (χ3n) is 1.75. The van der Waals surface area contributed by atoms with Gasteiger partial charge in [0, 0.05) is 11.9 Å². The Morgan fingerprint density at radius 2 is 2.40 bits per heavy atom. The van der Waals surface area contributed by atoms with Crippen molar-refractivity contribution in [3.8, 4) is 11.8 Å². The number of hydrogen-bond donors (Lipinski definition) is 1. The van der Waals surface area contributed by atoms with Gasteiger partial charge in [-0.05, 0) is 19.9 Å². The van der Waals surface area contributed by atoms with Crippen molar-refractivity contribution >= 4 is 17.5 Å². The fourth-order valence-electron chi connectivity index (χ4n) is 1.00. The van der Waals surface area contributed by atoms with Crippen molar-refractivity contribution < 1.29 is 4.79 Å². The summed E-state index contributed by atoms with van der Waals surface area (Å²) < 4.78 is 0. The molecule has 0 fully saturated rings. The molecular weight excluding hydrogens is 212 g/mol. The lowest BCUT2D eigenvalue weighted by atomic mass is 10.2. The van der Waals surface area contributed by atoms with Crippen LogP contribution in [0.2, 0.25) is 5.02 Å². The summed E-state index contributed by atoms with van der Waals surface area (Å²) in [6.07, 6.45) is 1.46. The highest BCUT2D eigenvalue weighted by Crippen LogP contribution is 2.15. The van der Waals surface area contributed by atoms with Crippen LogP contribution in [0.4, 0.5) is 0 Å². The van der Waals surface area contributed by atoms with Crippen LogP contribution in [0.3, 0.4) is 0 Å². The molecule has 4 heteroatoms. The van der Waals surface area contributed by atoms with E-state index in [2.05, 4.69) is 22.1 Å². The van der Waals surface area contributed by atoms with Gasteiger partial charge in [0.15, 0.2) is 0 Å². The van der Waals surface area contributed by atoms with Crippen molar-refractivity contribution in [1.82, 2.24) is 10.3 Å². The van der Waals surface area contributed by atoms with Gasteiger partial charge in [-0.3, -0.25) is 9.78 Å². The molecule has 1 amide bonds. The number of halogens is 1. The molecular formula is C11H11ClN2O. The zero-order valence-electron chi connectivity index (χ0n) is 8.60. The quantitative estimate of drug-likeness (QED) is 0.776. The van der Waals surface area contributed by atoms with Gasteiger partial charge >= 0.3 is 0 Å². The van der Waals surface area contributed by atoms with Crippen LogP contribution in [0.1, 0.15) is 23.0 Å². The predicted molar refractivity (Wildman–Crippen MR) is 59.8 cm³/mol. The number of pyridine rings is 1. The van der Waals surface area contributed by atoms with Gasteiger partial charge in [0.25, 0.3) is 5.91 Å². The third kappa shape index (κ3) is 3.26. The molecule has 1 aromatic rings. The zero-order valence-corrected chi connectivity index (χ0v) is 9.35. The molecule has 0 saturated carbocycles. The normalized spacial score (nSPS) is 9.00. The first-order chi connectivity index (χ1) is 7.15. The summed E-state index contributed by atoms with van der Waals surface area (Å²) in [5.41, 5.74) is 1.16. The summed E-state index contributed by atoms with van der Waals surface area (Å²) in [4.78, 5) is 15.6. The Labute approximate surface area is 93.9 Å². The summed E-state index contributed by atoms with van der Waals surface area (Å²) in [6.45, 7) is 3.85. The maximum atomic E-state index is 11.5. The maximum Gasteiger partial charge on any atom is 0.255 e. The lowest BCUT2D eigenvalue weighted by Crippen LogP contribution is -2.24. The van der Waals surface area contributed by atoms with Crippen molar-refractivity contribution in [2.24, 2.45) is 0 Å². The van der Waals surface area contributed by atoms with E-state index >= 15 is 0 Å². The Morgan fingerprint density at radius 3 is 3.00 bits per heavy atom. The van der Waals surface area contributed by atoms with E-state index < -0.39 is 0 Å². The molecule has 0 atom stereocenters. The second-order valence-electron chi connectivity index (χ2n) is 2.91. The molecule has 3 nitrogen and oxygen atoms in total. The molecule has 0 spiro atoms. The highest BCUT2D eigenvalue weighted by molar-refractivity contribution is 6.33. The Kier molecular flexibility index (Phi) is 4.14. The largest absolute Gasteiger partial charge is 0.341 e. The zero-order chi connectivity index (χ0) is 11.3. The number of carbonyl (C=O) groups is 1. The van der Waals surface area contributed by atoms with Gasteiger partial charge in [0.05, 0.1) is 17.1 Å². The minimum atomic E-state index is -0.254. The monoisotopic (exact) mass is 222 g/mol. The number of amides is 1. The smallest absolute Gasteiger partial charge is 0.255 e. The number of rotatable bonds is 2. The number of carbonyl (C=O) groups excluding carboxylic acids is 1. The highest BCUT2D eigenvalue weighted by Gasteiger charge is 2.09. The molecule has 0 aliphatic carbocycles. The van der Waals surface area contributed by atoms with Crippen molar-refractivity contribution in [2.75, 3.05) is 6.54 Å². The van der Waals surface area contributed by atoms with Crippen LogP contribution in [0.25, 0.3) is 0 Å². The Hall–Kier alpha value is -1.53. The number of nitrogens with one attached hydrogen (secondary N) is 1. The van der Waals surface area contributed by atoms with Crippen molar-refractivity contribution in [2.45, 2.75) is 13.8 Å². The SMILES string of the molecule is CC#CCNC(=O)c1cnc(C)cc1Cl. The first-order valence-electron chi connectivity index (χ1n) is 4.45. The summed E-state index contributed by atoms with van der Waals surface area (Å²) in [5, 5.41) is 3.03. The molecule has 0 aliphatic rings. The minimum absolute atomic E-state index is 0.254. The van der Waals surface area contributed by atoms with Crippen LogP contribution in [0, 0.1) is 18.8 Å². The number of aromatic nitrogens is 1. The van der Waals surface area contributed by atoms with E-state index in [1.807, 2.05) is 6.92 Å². The molecule has 1 rings (SSSR count). The van der Waals surface area contributed by atoms with Crippen LogP contribution in [-0.4, -0.2) is 17.4 Å². The first kappa shape index (κ1) is 11.5. The molecule has 0 bridgehead atoms. The molecule has 0 radical (unpaired) electrons. The van der Waals surface area contributed by atoms with Crippen LogP contribution < -0.4 is 5.32 Å². The second-order valence-corrected chi connectivity index (χ2v) is 3.32. The lowest BCUT2D eigenvalue weighted by molar-refractivity contribution is 0.0958. The Bertz CT molecular complexity index is 432. The van der Waals surface area contributed by atoms with Crippen LogP contribution in [-0.2, 0) is 0 Å². The van der Waals surface area contributed by atoms with E-state index in [9.17, 15) is 4.79 Å². The summed E-state index contributed by atoms with van der Waals surface area (Å²) >= 11 is 5.90. The highest BCUT2D eigenvalue weighted by atomic mass is 35.5. The van der Waals surface area contributed by atoms with Gasteiger partial charge in [0.1, 0.15) is 0 Å². The molecule has 0 aromatic carbocycles. The number of aryl methyl sites for hydroxylation is 1. The van der Waals surface area contributed by atoms with E-state index in [1.54, 1.807) is 13.0 Å². The molecule has 78 valence electrons. The standard InChI is InChI=1S/C11H11ClN2O/c1-3-4-5-13-11(15)9-7-14-8(2)6-10(9)12/h6-7H,5H2,1-2H3,(H,13,15). The van der Waals surface area contributed by atoms with E-state index in [0.29, 0.717) is 17.1 Å². The minimum Gasteiger partial charge on any atom is -0.341 e. The second kappa shape index (κ2) is 5.38. The molecule has 1 heterocycles. The van der Waals surface area contributed by atoms with Crippen molar-refractivity contribution in [3.05, 3.63) is 28.5 Å². The lowest BCUT2D eigenvalue weighted by Gasteiger charge is -2.03. The summed E-state index contributed by atoms with van der Waals surface area (Å²) in [5.74, 6) is 5.16. The first-order valence-corrected chi connectivity index (χ1v) is 4.83. The van der Waals surface area contributed by atoms with Gasteiger partial charge in [0.2, 0.25) is 0 Å². The van der Waals surface area contributed by atoms with Crippen LogP contribution in [0.15, 0.2) is 12.3 Å². The van der Waals surface area contributed by atoms with Gasteiger partial charge in [-0.15, -0.1) is 5.92 Å². The molecule has 15 heavy (non-hydrogen) atoms. The van der Waals surface area contributed by atoms with E-state index in [4.69, 9.17) is 11.6 Å². The Morgan fingerprint density at radius 1 is 1.67 bits per heavy atom. The molecule has 0 saturated heterocycles. The van der Waals surface area contributed by atoms with Crippen molar-refractivity contribution in [1.29, 1.82) is 0 Å². The predicted octanol–water partition coefficient (Wildman–Crippen LogP) is 1.80. The fourth-order valence-corrected chi connectivity index (χ4v) is 1.29. The fraction of sp³-hybridized carbons (Fsp3) is 0.273. The molecule has 1 N–H and O–H groups in total. The number of hydrogen-bond acceptors (Lipinski definition) is 2. The van der Waals surface area contributed by atoms with Gasteiger partial charge < -0.3 is 5.32 Å². The molecule has 1 aromatic heterocycles. The van der Waals surface area contributed by atoms with Crippen LogP contribution >= 0.6 is 11.6 Å². The van der Waals surface area contributed by atoms with E-state index in [1.165, 1.54) is 6.20 Å². The number of nitrogens with zero attached hydrogens (tertiary/aromatic N) is 1. The summed E-state index contributed by atoms with van der Waals surface area (Å²) in [6, 6.07) is 1.65. The summed E-state index contributed by atoms with van der Waals surface area (Å²) in [7, 11) is 0. The van der Waals surface area contributed by atoms with E-state index in [-0.39, 0.29) is 5.91 Å². The maximum absolute atomic E-state index is 11.5. The molecule has 0 unspecified atom stereocenters. The van der Waals surface area contributed by atoms with Gasteiger partial charge in [-0.2, -0.15) is 0 Å². The molecule has 0 aliphatic heterocycles. The van der Waals surface area contributed by atoms with Crippen LogP contribution in [0.5, 0.6) is 0 Å². The van der Waals surface area contributed by atoms with E-state index in [0.717, 1.165) is 5.69 Å².